The molecule has 0 spiro atoms. The van der Waals surface area contributed by atoms with E-state index in [0.29, 0.717) is 6.04 Å². The second-order valence-electron chi connectivity index (χ2n) is 5.40. The highest BCUT2D eigenvalue weighted by Crippen LogP contribution is 2.34. The fourth-order valence-electron chi connectivity index (χ4n) is 2.58. The topological polar surface area (TPSA) is 29.9 Å². The van der Waals surface area contributed by atoms with Crippen molar-refractivity contribution in [3.05, 3.63) is 17.5 Å². The third-order valence-electron chi connectivity index (χ3n) is 3.85. The van der Waals surface area contributed by atoms with Gasteiger partial charge in [-0.3, -0.25) is 4.68 Å². The Morgan fingerprint density at radius 1 is 1.39 bits per heavy atom. The number of rotatable bonds is 8. The van der Waals surface area contributed by atoms with Crippen LogP contribution in [0.15, 0.2) is 6.07 Å². The predicted octanol–water partition coefficient (Wildman–Crippen LogP) is 2.79. The van der Waals surface area contributed by atoms with Crippen molar-refractivity contribution >= 4 is 0 Å². The van der Waals surface area contributed by atoms with Gasteiger partial charge in [0.05, 0.1) is 5.69 Å². The molecule has 102 valence electrons. The molecule has 3 nitrogen and oxygen atoms in total. The summed E-state index contributed by atoms with van der Waals surface area (Å²) in [6, 6.07) is 2.96. The Balaban J connectivity index is 2.02. The molecule has 1 aromatic rings. The Morgan fingerprint density at radius 3 is 2.72 bits per heavy atom. The van der Waals surface area contributed by atoms with Crippen molar-refractivity contribution in [1.82, 2.24) is 15.1 Å². The molecule has 1 unspecified atom stereocenters. The Labute approximate surface area is 111 Å². The first-order chi connectivity index (χ1) is 8.78. The van der Waals surface area contributed by atoms with Gasteiger partial charge in [-0.25, -0.2) is 0 Å². The summed E-state index contributed by atoms with van der Waals surface area (Å²) in [6.07, 6.45) is 6.21. The normalized spacial score (nSPS) is 17.1. The highest BCUT2D eigenvalue weighted by atomic mass is 15.3. The van der Waals surface area contributed by atoms with E-state index in [9.17, 15) is 0 Å². The maximum atomic E-state index is 4.65. The molecule has 1 aliphatic carbocycles. The van der Waals surface area contributed by atoms with E-state index in [1.54, 1.807) is 0 Å². The first kappa shape index (κ1) is 13.6. The van der Waals surface area contributed by atoms with E-state index in [1.807, 2.05) is 0 Å². The molecule has 1 aromatic heterocycles. The van der Waals surface area contributed by atoms with Crippen LogP contribution in [0.2, 0.25) is 0 Å². The van der Waals surface area contributed by atoms with Crippen LogP contribution in [-0.2, 0) is 19.4 Å². The van der Waals surface area contributed by atoms with Crippen LogP contribution < -0.4 is 5.32 Å². The first-order valence-corrected chi connectivity index (χ1v) is 7.57. The molecule has 1 N–H and O–H groups in total. The van der Waals surface area contributed by atoms with Crippen LogP contribution in [0.1, 0.15) is 51.4 Å². The van der Waals surface area contributed by atoms with Crippen molar-refractivity contribution in [3.63, 3.8) is 0 Å². The summed E-state index contributed by atoms with van der Waals surface area (Å²) in [6.45, 7) is 8.73. The van der Waals surface area contributed by atoms with Gasteiger partial charge in [-0.2, -0.15) is 5.10 Å². The maximum Gasteiger partial charge on any atom is 0.0624 e. The maximum absolute atomic E-state index is 4.65. The number of hydrogen-bond donors (Lipinski definition) is 1. The van der Waals surface area contributed by atoms with Gasteiger partial charge in [0.1, 0.15) is 0 Å². The van der Waals surface area contributed by atoms with Gasteiger partial charge in [-0.05, 0) is 51.1 Å². The molecule has 0 bridgehead atoms. The zero-order chi connectivity index (χ0) is 13.0. The second-order valence-corrected chi connectivity index (χ2v) is 5.40. The Morgan fingerprint density at radius 2 is 2.17 bits per heavy atom. The largest absolute Gasteiger partial charge is 0.313 e. The quantitative estimate of drug-likeness (QED) is 0.768. The van der Waals surface area contributed by atoms with Gasteiger partial charge in [-0.1, -0.05) is 13.8 Å². The number of aromatic nitrogens is 2. The summed E-state index contributed by atoms with van der Waals surface area (Å²) < 4.78 is 2.18. The first-order valence-electron chi connectivity index (χ1n) is 7.57. The van der Waals surface area contributed by atoms with Crippen molar-refractivity contribution in [1.29, 1.82) is 0 Å². The summed E-state index contributed by atoms with van der Waals surface area (Å²) in [4.78, 5) is 0. The lowest BCUT2D eigenvalue weighted by Crippen LogP contribution is -2.34. The van der Waals surface area contributed by atoms with Crippen molar-refractivity contribution < 1.29 is 0 Å². The van der Waals surface area contributed by atoms with E-state index in [-0.39, 0.29) is 0 Å². The molecule has 18 heavy (non-hydrogen) atoms. The summed E-state index contributed by atoms with van der Waals surface area (Å²) in [7, 11) is 0. The summed E-state index contributed by atoms with van der Waals surface area (Å²) in [5.41, 5.74) is 2.65. The van der Waals surface area contributed by atoms with Crippen molar-refractivity contribution in [2.75, 3.05) is 6.54 Å². The van der Waals surface area contributed by atoms with E-state index in [4.69, 9.17) is 0 Å². The van der Waals surface area contributed by atoms with E-state index in [0.717, 1.165) is 31.8 Å². The van der Waals surface area contributed by atoms with E-state index < -0.39 is 0 Å². The van der Waals surface area contributed by atoms with Crippen LogP contribution in [-0.4, -0.2) is 22.4 Å². The van der Waals surface area contributed by atoms with Crippen LogP contribution in [0, 0.1) is 5.92 Å². The lowest BCUT2D eigenvalue weighted by atomic mass is 10.1. The lowest BCUT2D eigenvalue weighted by Gasteiger charge is -2.18. The van der Waals surface area contributed by atoms with Crippen LogP contribution in [0.25, 0.3) is 0 Å². The fourth-order valence-corrected chi connectivity index (χ4v) is 2.58. The third-order valence-corrected chi connectivity index (χ3v) is 3.85. The average Bonchev–Trinajstić information content (AvgIpc) is 3.15. The minimum absolute atomic E-state index is 0.664. The van der Waals surface area contributed by atoms with Gasteiger partial charge < -0.3 is 5.32 Å². The predicted molar refractivity (Wildman–Crippen MR) is 75.8 cm³/mol. The van der Waals surface area contributed by atoms with Gasteiger partial charge >= 0.3 is 0 Å². The zero-order valence-electron chi connectivity index (χ0n) is 12.1. The van der Waals surface area contributed by atoms with E-state index >= 15 is 0 Å². The number of aryl methyl sites for hydroxylation is 2. The molecule has 0 aromatic carbocycles. The van der Waals surface area contributed by atoms with Gasteiger partial charge in [0.25, 0.3) is 0 Å². The summed E-state index contributed by atoms with van der Waals surface area (Å²) >= 11 is 0. The minimum Gasteiger partial charge on any atom is -0.313 e. The lowest BCUT2D eigenvalue weighted by molar-refractivity contribution is 0.444. The van der Waals surface area contributed by atoms with Gasteiger partial charge in [0.2, 0.25) is 0 Å². The molecule has 0 amide bonds. The highest BCUT2D eigenvalue weighted by Gasteiger charge is 2.31. The number of nitrogens with one attached hydrogen (secondary N) is 1. The number of hydrogen-bond acceptors (Lipinski definition) is 2. The van der Waals surface area contributed by atoms with E-state index in [1.165, 1.54) is 30.7 Å². The van der Waals surface area contributed by atoms with Gasteiger partial charge in [0.15, 0.2) is 0 Å². The monoisotopic (exact) mass is 249 g/mol. The molecule has 0 radical (unpaired) electrons. The van der Waals surface area contributed by atoms with E-state index in [2.05, 4.69) is 41.9 Å². The highest BCUT2D eigenvalue weighted by molar-refractivity contribution is 5.13. The van der Waals surface area contributed by atoms with Crippen LogP contribution in [0.3, 0.4) is 0 Å². The summed E-state index contributed by atoms with van der Waals surface area (Å²) in [5.74, 6) is 0.904. The Hall–Kier alpha value is -0.830. The third kappa shape index (κ3) is 3.35. The van der Waals surface area contributed by atoms with Crippen LogP contribution in [0.5, 0.6) is 0 Å². The Bertz CT molecular complexity index is 366. The molecule has 1 saturated carbocycles. The number of nitrogens with zero attached hydrogens (tertiary/aromatic N) is 2. The molecule has 0 saturated heterocycles. The molecule has 1 aliphatic rings. The van der Waals surface area contributed by atoms with Gasteiger partial charge in [-0.15, -0.1) is 0 Å². The second kappa shape index (κ2) is 6.37. The van der Waals surface area contributed by atoms with Crippen molar-refractivity contribution in [3.8, 4) is 0 Å². The SMILES string of the molecule is CCCNC(Cc1cc(CC)nn1CC)C1CC1. The molecule has 3 heteroatoms. The molecule has 1 atom stereocenters. The molecule has 0 aliphatic heterocycles. The molecular formula is C15H27N3. The van der Waals surface area contributed by atoms with Gasteiger partial charge in [0, 0.05) is 24.7 Å². The molecule has 2 rings (SSSR count). The zero-order valence-corrected chi connectivity index (χ0v) is 12.1. The minimum atomic E-state index is 0.664. The smallest absolute Gasteiger partial charge is 0.0624 e. The average molecular weight is 249 g/mol. The molecule has 1 heterocycles. The fraction of sp³-hybridized carbons (Fsp3) is 0.800. The molecule has 1 fully saturated rings. The van der Waals surface area contributed by atoms with Crippen molar-refractivity contribution in [2.24, 2.45) is 5.92 Å². The summed E-state index contributed by atoms with van der Waals surface area (Å²) in [5, 5.41) is 8.37. The van der Waals surface area contributed by atoms with Crippen molar-refractivity contribution in [2.45, 2.75) is 65.5 Å². The standard InChI is InChI=1S/C15H27N3/c1-4-9-16-15(12-7-8-12)11-14-10-13(5-2)17-18(14)6-3/h10,12,15-16H,4-9,11H2,1-3H3. The molecular weight excluding hydrogens is 222 g/mol. The Kier molecular flexibility index (Phi) is 4.81. The van der Waals surface area contributed by atoms with Crippen LogP contribution >= 0.6 is 0 Å². The van der Waals surface area contributed by atoms with Crippen LogP contribution in [0.4, 0.5) is 0 Å².